The molecule has 0 unspecified atom stereocenters. The summed E-state index contributed by atoms with van der Waals surface area (Å²) in [7, 11) is -3.60. The van der Waals surface area contributed by atoms with Crippen LogP contribution in [0.1, 0.15) is 11.1 Å². The van der Waals surface area contributed by atoms with Crippen LogP contribution >= 0.6 is 0 Å². The summed E-state index contributed by atoms with van der Waals surface area (Å²) in [6.07, 6.45) is -4.04. The fourth-order valence-corrected chi connectivity index (χ4v) is 2.72. The second-order valence-corrected chi connectivity index (χ2v) is 7.35. The zero-order chi connectivity index (χ0) is 18.8. The number of rotatable bonds is 4. The van der Waals surface area contributed by atoms with Crippen LogP contribution in [0, 0.1) is 5.82 Å². The van der Waals surface area contributed by atoms with Crippen molar-refractivity contribution in [2.45, 2.75) is 17.5 Å². The molecule has 0 bridgehead atoms. The minimum Gasteiger partial charge on any atom is -0.323 e. The Morgan fingerprint density at radius 1 is 1.12 bits per heavy atom. The monoisotopic (exact) mass is 375 g/mol. The fourth-order valence-electron chi connectivity index (χ4n) is 2.07. The van der Waals surface area contributed by atoms with Gasteiger partial charge in [-0.05, 0) is 29.8 Å². The van der Waals surface area contributed by atoms with E-state index in [0.717, 1.165) is 42.7 Å². The number of anilines is 1. The summed E-state index contributed by atoms with van der Waals surface area (Å²) in [6.45, 7) is 0. The van der Waals surface area contributed by atoms with Gasteiger partial charge in [0.05, 0.1) is 22.6 Å². The Morgan fingerprint density at radius 2 is 1.80 bits per heavy atom. The Bertz CT molecular complexity index is 908. The molecule has 1 amide bonds. The van der Waals surface area contributed by atoms with Gasteiger partial charge in [-0.15, -0.1) is 0 Å². The molecule has 0 radical (unpaired) electrons. The molecule has 25 heavy (non-hydrogen) atoms. The molecule has 0 atom stereocenters. The van der Waals surface area contributed by atoms with E-state index in [4.69, 9.17) is 0 Å². The number of halogens is 4. The van der Waals surface area contributed by atoms with Gasteiger partial charge in [-0.25, -0.2) is 12.8 Å². The summed E-state index contributed by atoms with van der Waals surface area (Å²) in [6, 6.07) is 7.08. The van der Waals surface area contributed by atoms with Crippen molar-refractivity contribution in [1.29, 1.82) is 0 Å². The van der Waals surface area contributed by atoms with Gasteiger partial charge in [0.1, 0.15) is 5.82 Å². The Hall–Kier alpha value is -2.42. The van der Waals surface area contributed by atoms with Crippen molar-refractivity contribution in [3.63, 3.8) is 0 Å². The number of carbonyl (C=O) groups is 1. The van der Waals surface area contributed by atoms with E-state index in [1.54, 1.807) is 0 Å². The SMILES string of the molecule is CS(=O)(=O)c1ccc(F)c(NC(=O)Cc2cccc(C(F)(F)F)c2)c1. The van der Waals surface area contributed by atoms with Crippen LogP contribution in [0.3, 0.4) is 0 Å². The first-order valence-electron chi connectivity index (χ1n) is 6.92. The molecule has 1 N–H and O–H groups in total. The second-order valence-electron chi connectivity index (χ2n) is 5.34. The average Bonchev–Trinajstić information content (AvgIpc) is 2.47. The minimum atomic E-state index is -4.54. The van der Waals surface area contributed by atoms with Gasteiger partial charge in [-0.2, -0.15) is 13.2 Å². The number of hydrogen-bond acceptors (Lipinski definition) is 3. The molecule has 0 saturated carbocycles. The molecule has 4 nitrogen and oxygen atoms in total. The molecule has 0 aromatic heterocycles. The van der Waals surface area contributed by atoms with Gasteiger partial charge in [0.25, 0.3) is 0 Å². The van der Waals surface area contributed by atoms with Crippen LogP contribution < -0.4 is 5.32 Å². The van der Waals surface area contributed by atoms with Crippen LogP contribution in [0.5, 0.6) is 0 Å². The van der Waals surface area contributed by atoms with Crippen LogP contribution in [0.25, 0.3) is 0 Å². The third-order valence-electron chi connectivity index (χ3n) is 3.26. The molecule has 0 fully saturated rings. The number of carbonyl (C=O) groups excluding carboxylic acids is 1. The molecule has 0 aliphatic heterocycles. The maximum absolute atomic E-state index is 13.7. The van der Waals surface area contributed by atoms with Gasteiger partial charge in [0.15, 0.2) is 9.84 Å². The Kier molecular flexibility index (Phi) is 5.17. The molecular formula is C16H13F4NO3S. The Morgan fingerprint density at radius 3 is 2.40 bits per heavy atom. The van der Waals surface area contributed by atoms with Gasteiger partial charge in [-0.3, -0.25) is 4.79 Å². The first kappa shape index (κ1) is 18.9. The number of alkyl halides is 3. The first-order valence-corrected chi connectivity index (χ1v) is 8.81. The molecule has 9 heteroatoms. The highest BCUT2D eigenvalue weighted by molar-refractivity contribution is 7.90. The van der Waals surface area contributed by atoms with E-state index in [9.17, 15) is 30.8 Å². The van der Waals surface area contributed by atoms with Gasteiger partial charge >= 0.3 is 6.18 Å². The molecule has 0 aliphatic carbocycles. The molecule has 134 valence electrons. The van der Waals surface area contributed by atoms with Gasteiger partial charge in [0.2, 0.25) is 5.91 Å². The maximum Gasteiger partial charge on any atom is 0.416 e. The van der Waals surface area contributed by atoms with E-state index in [0.29, 0.717) is 0 Å². The van der Waals surface area contributed by atoms with E-state index >= 15 is 0 Å². The van der Waals surface area contributed by atoms with Crippen molar-refractivity contribution in [2.24, 2.45) is 0 Å². The molecule has 2 aromatic rings. The number of hydrogen-bond donors (Lipinski definition) is 1. The average molecular weight is 375 g/mol. The largest absolute Gasteiger partial charge is 0.416 e. The highest BCUT2D eigenvalue weighted by atomic mass is 32.2. The fraction of sp³-hybridized carbons (Fsp3) is 0.188. The van der Waals surface area contributed by atoms with Crippen molar-refractivity contribution in [2.75, 3.05) is 11.6 Å². The normalized spacial score (nSPS) is 12.0. The zero-order valence-corrected chi connectivity index (χ0v) is 13.7. The molecule has 0 spiro atoms. The first-order chi connectivity index (χ1) is 11.5. The highest BCUT2D eigenvalue weighted by Gasteiger charge is 2.30. The lowest BCUT2D eigenvalue weighted by Crippen LogP contribution is -2.16. The summed E-state index contributed by atoms with van der Waals surface area (Å²) in [4.78, 5) is 11.8. The number of benzene rings is 2. The van der Waals surface area contributed by atoms with Gasteiger partial charge in [-0.1, -0.05) is 18.2 Å². The standard InChI is InChI=1S/C16H13F4NO3S/c1-25(23,24)12-5-6-13(17)14(9-12)21-15(22)8-10-3-2-4-11(7-10)16(18,19)20/h2-7,9H,8H2,1H3,(H,21,22). The van der Waals surface area contributed by atoms with E-state index in [1.165, 1.54) is 6.07 Å². The molecule has 2 aromatic carbocycles. The van der Waals surface area contributed by atoms with Gasteiger partial charge in [0, 0.05) is 6.26 Å². The van der Waals surface area contributed by atoms with Crippen molar-refractivity contribution in [3.8, 4) is 0 Å². The van der Waals surface area contributed by atoms with Crippen molar-refractivity contribution in [1.82, 2.24) is 0 Å². The van der Waals surface area contributed by atoms with Crippen LogP contribution in [0.4, 0.5) is 23.2 Å². The summed E-state index contributed by atoms with van der Waals surface area (Å²) >= 11 is 0. The molecule has 0 aliphatic rings. The molecular weight excluding hydrogens is 362 g/mol. The van der Waals surface area contributed by atoms with Crippen LogP contribution in [0.15, 0.2) is 47.4 Å². The molecule has 0 heterocycles. The Balaban J connectivity index is 2.19. The smallest absolute Gasteiger partial charge is 0.323 e. The van der Waals surface area contributed by atoms with E-state index in [2.05, 4.69) is 5.32 Å². The third-order valence-corrected chi connectivity index (χ3v) is 4.37. The predicted octanol–water partition coefficient (Wildman–Crippen LogP) is 3.43. The summed E-state index contributed by atoms with van der Waals surface area (Å²) in [5.41, 5.74) is -1.17. The second kappa shape index (κ2) is 6.83. The number of sulfone groups is 1. The topological polar surface area (TPSA) is 63.2 Å². The summed E-state index contributed by atoms with van der Waals surface area (Å²) < 4.78 is 74.6. The third kappa shape index (κ3) is 5.02. The molecule has 0 saturated heterocycles. The number of amides is 1. The minimum absolute atomic E-state index is 0.0898. The summed E-state index contributed by atoms with van der Waals surface area (Å²) in [5, 5.41) is 2.17. The van der Waals surface area contributed by atoms with Crippen LogP contribution in [-0.4, -0.2) is 20.6 Å². The maximum atomic E-state index is 13.7. The van der Waals surface area contributed by atoms with E-state index < -0.39 is 39.7 Å². The quantitative estimate of drug-likeness (QED) is 0.658. The van der Waals surface area contributed by atoms with Crippen LogP contribution in [-0.2, 0) is 27.2 Å². The highest BCUT2D eigenvalue weighted by Crippen LogP contribution is 2.29. The van der Waals surface area contributed by atoms with Crippen molar-refractivity contribution in [3.05, 3.63) is 59.4 Å². The zero-order valence-electron chi connectivity index (χ0n) is 12.9. The Labute approximate surface area is 141 Å². The van der Waals surface area contributed by atoms with Crippen molar-refractivity contribution < 1.29 is 30.8 Å². The summed E-state index contributed by atoms with van der Waals surface area (Å²) in [5.74, 6) is -1.63. The van der Waals surface area contributed by atoms with Crippen molar-refractivity contribution >= 4 is 21.4 Å². The lowest BCUT2D eigenvalue weighted by molar-refractivity contribution is -0.137. The van der Waals surface area contributed by atoms with E-state index in [1.807, 2.05) is 0 Å². The predicted molar refractivity (Wildman–Crippen MR) is 83.3 cm³/mol. The van der Waals surface area contributed by atoms with Crippen LogP contribution in [0.2, 0.25) is 0 Å². The number of nitrogens with one attached hydrogen (secondary N) is 1. The molecule has 2 rings (SSSR count). The van der Waals surface area contributed by atoms with E-state index in [-0.39, 0.29) is 16.1 Å². The lowest BCUT2D eigenvalue weighted by Gasteiger charge is -2.10. The van der Waals surface area contributed by atoms with Gasteiger partial charge < -0.3 is 5.32 Å². The lowest BCUT2D eigenvalue weighted by atomic mass is 10.1.